The van der Waals surface area contributed by atoms with Crippen molar-refractivity contribution in [2.75, 3.05) is 25.1 Å². The molecular weight excluding hydrogens is 250 g/mol. The van der Waals surface area contributed by atoms with Gasteiger partial charge in [-0.2, -0.15) is 0 Å². The summed E-state index contributed by atoms with van der Waals surface area (Å²) in [6, 6.07) is 4.79. The van der Waals surface area contributed by atoms with Gasteiger partial charge in [-0.05, 0) is 31.4 Å². The molecule has 0 aromatic carbocycles. The highest BCUT2D eigenvalue weighted by Gasteiger charge is 2.18. The molecule has 0 spiro atoms. The lowest BCUT2D eigenvalue weighted by atomic mass is 10.2. The molecule has 1 aromatic rings. The Balaban J connectivity index is 1.96. The molecule has 4 heteroatoms. The number of anilines is 1. The van der Waals surface area contributed by atoms with Crippen LogP contribution in [0.2, 0.25) is 0 Å². The second-order valence-corrected chi connectivity index (χ2v) is 5.97. The van der Waals surface area contributed by atoms with Gasteiger partial charge in [-0.15, -0.1) is 0 Å². The molecule has 20 heavy (non-hydrogen) atoms. The van der Waals surface area contributed by atoms with Gasteiger partial charge in [-0.3, -0.25) is 0 Å². The van der Waals surface area contributed by atoms with E-state index in [-0.39, 0.29) is 0 Å². The van der Waals surface area contributed by atoms with Crippen molar-refractivity contribution in [3.05, 3.63) is 23.4 Å². The van der Waals surface area contributed by atoms with Crippen LogP contribution < -0.4 is 10.2 Å². The van der Waals surface area contributed by atoms with E-state index in [1.54, 1.807) is 0 Å². The Morgan fingerprint density at radius 1 is 1.45 bits per heavy atom. The van der Waals surface area contributed by atoms with Crippen LogP contribution in [0.4, 0.5) is 5.82 Å². The van der Waals surface area contributed by atoms with E-state index in [4.69, 9.17) is 9.72 Å². The van der Waals surface area contributed by atoms with Gasteiger partial charge in [-0.25, -0.2) is 4.98 Å². The van der Waals surface area contributed by atoms with E-state index >= 15 is 0 Å². The number of ether oxygens (including phenoxy) is 1. The smallest absolute Gasteiger partial charge is 0.128 e. The van der Waals surface area contributed by atoms with Gasteiger partial charge in [0.2, 0.25) is 0 Å². The van der Waals surface area contributed by atoms with E-state index in [2.05, 4.69) is 50.2 Å². The van der Waals surface area contributed by atoms with Crippen molar-refractivity contribution in [1.82, 2.24) is 10.3 Å². The summed E-state index contributed by atoms with van der Waals surface area (Å²) in [6.45, 7) is 9.12. The summed E-state index contributed by atoms with van der Waals surface area (Å²) >= 11 is 0. The van der Waals surface area contributed by atoms with Crippen molar-refractivity contribution in [1.29, 1.82) is 0 Å². The van der Waals surface area contributed by atoms with Crippen molar-refractivity contribution in [2.24, 2.45) is 0 Å². The summed E-state index contributed by atoms with van der Waals surface area (Å²) in [5.74, 6) is 1.03. The minimum atomic E-state index is 0.365. The minimum Gasteiger partial charge on any atom is -0.376 e. The van der Waals surface area contributed by atoms with Gasteiger partial charge in [0.25, 0.3) is 0 Å². The van der Waals surface area contributed by atoms with Gasteiger partial charge in [0.05, 0.1) is 6.10 Å². The maximum absolute atomic E-state index is 5.68. The Labute approximate surface area is 122 Å². The highest BCUT2D eigenvalue weighted by Crippen LogP contribution is 2.18. The normalized spacial score (nSPS) is 18.8. The van der Waals surface area contributed by atoms with Crippen molar-refractivity contribution in [3.8, 4) is 0 Å². The fourth-order valence-electron chi connectivity index (χ4n) is 2.48. The maximum Gasteiger partial charge on any atom is 0.128 e. The lowest BCUT2D eigenvalue weighted by molar-refractivity contribution is 0.116. The number of nitrogens with one attached hydrogen (secondary N) is 1. The zero-order valence-electron chi connectivity index (χ0n) is 13.1. The number of nitrogens with zero attached hydrogens (tertiary/aromatic N) is 2. The van der Waals surface area contributed by atoms with Gasteiger partial charge in [-0.1, -0.05) is 19.9 Å². The molecule has 1 unspecified atom stereocenters. The number of hydrogen-bond donors (Lipinski definition) is 1. The first kappa shape index (κ1) is 15.3. The first-order chi connectivity index (χ1) is 9.56. The molecule has 2 rings (SSSR count). The summed E-state index contributed by atoms with van der Waals surface area (Å²) in [5, 5.41) is 3.44. The first-order valence-electron chi connectivity index (χ1n) is 7.59. The van der Waals surface area contributed by atoms with Crippen LogP contribution in [0.25, 0.3) is 0 Å². The van der Waals surface area contributed by atoms with Gasteiger partial charge < -0.3 is 15.0 Å². The van der Waals surface area contributed by atoms with Crippen molar-refractivity contribution < 1.29 is 4.74 Å². The molecule has 1 aliphatic rings. The Morgan fingerprint density at radius 3 is 2.85 bits per heavy atom. The molecule has 1 saturated heterocycles. The Morgan fingerprint density at radius 2 is 2.25 bits per heavy atom. The largest absolute Gasteiger partial charge is 0.376 e. The van der Waals surface area contributed by atoms with E-state index < -0.39 is 0 Å². The number of aromatic nitrogens is 1. The third kappa shape index (κ3) is 4.18. The Kier molecular flexibility index (Phi) is 5.38. The molecule has 2 heterocycles. The average Bonchev–Trinajstić information content (AvgIpc) is 2.89. The molecule has 0 bridgehead atoms. The molecule has 0 amide bonds. The second kappa shape index (κ2) is 7.04. The molecular formula is C16H27N3O. The van der Waals surface area contributed by atoms with Crippen LogP contribution in [-0.2, 0) is 11.3 Å². The van der Waals surface area contributed by atoms with Gasteiger partial charge in [0.1, 0.15) is 5.82 Å². The molecule has 0 saturated carbocycles. The fourth-order valence-corrected chi connectivity index (χ4v) is 2.48. The quantitative estimate of drug-likeness (QED) is 0.867. The molecule has 1 aromatic heterocycles. The summed E-state index contributed by atoms with van der Waals surface area (Å²) < 4.78 is 5.68. The molecule has 1 atom stereocenters. The second-order valence-electron chi connectivity index (χ2n) is 5.97. The van der Waals surface area contributed by atoms with E-state index in [9.17, 15) is 0 Å². The van der Waals surface area contributed by atoms with Crippen LogP contribution in [0, 0.1) is 6.92 Å². The summed E-state index contributed by atoms with van der Waals surface area (Å²) in [4.78, 5) is 6.92. The fraction of sp³-hybridized carbons (Fsp3) is 0.688. The van der Waals surface area contributed by atoms with E-state index in [1.165, 1.54) is 18.4 Å². The van der Waals surface area contributed by atoms with Crippen molar-refractivity contribution in [3.63, 3.8) is 0 Å². The topological polar surface area (TPSA) is 37.4 Å². The third-order valence-corrected chi connectivity index (χ3v) is 3.77. The molecule has 4 nitrogen and oxygen atoms in total. The molecule has 0 radical (unpaired) electrons. The lowest BCUT2D eigenvalue weighted by Gasteiger charge is -2.22. The van der Waals surface area contributed by atoms with E-state index in [0.29, 0.717) is 12.1 Å². The van der Waals surface area contributed by atoms with Gasteiger partial charge in [0, 0.05) is 38.5 Å². The summed E-state index contributed by atoms with van der Waals surface area (Å²) in [6.07, 6.45) is 2.72. The number of aryl methyl sites for hydroxylation is 1. The molecule has 1 fully saturated rings. The monoisotopic (exact) mass is 277 g/mol. The number of rotatable bonds is 6. The average molecular weight is 277 g/mol. The van der Waals surface area contributed by atoms with Crippen LogP contribution in [0.3, 0.4) is 0 Å². The van der Waals surface area contributed by atoms with Crippen LogP contribution in [0.15, 0.2) is 12.1 Å². The van der Waals surface area contributed by atoms with E-state index in [0.717, 1.165) is 31.2 Å². The van der Waals surface area contributed by atoms with E-state index in [1.807, 2.05) is 0 Å². The van der Waals surface area contributed by atoms with Crippen molar-refractivity contribution in [2.45, 2.75) is 52.3 Å². The molecule has 1 N–H and O–H groups in total. The third-order valence-electron chi connectivity index (χ3n) is 3.77. The standard InChI is InChI=1S/C16H27N3O/c1-12(2)17-10-14-7-8-16(18-13(14)3)19(4)11-15-6-5-9-20-15/h7-8,12,15,17H,5-6,9-11H2,1-4H3. The summed E-state index contributed by atoms with van der Waals surface area (Å²) in [5.41, 5.74) is 2.38. The van der Waals surface area contributed by atoms with Crippen LogP contribution in [0.5, 0.6) is 0 Å². The predicted molar refractivity (Wildman–Crippen MR) is 83.2 cm³/mol. The van der Waals surface area contributed by atoms with Crippen LogP contribution in [0.1, 0.15) is 37.9 Å². The van der Waals surface area contributed by atoms with Crippen molar-refractivity contribution >= 4 is 5.82 Å². The Hall–Kier alpha value is -1.13. The molecule has 0 aliphatic carbocycles. The number of pyridine rings is 1. The summed E-state index contributed by atoms with van der Waals surface area (Å²) in [7, 11) is 2.09. The highest BCUT2D eigenvalue weighted by atomic mass is 16.5. The molecule has 1 aliphatic heterocycles. The predicted octanol–water partition coefficient (Wildman–Crippen LogP) is 2.50. The lowest BCUT2D eigenvalue weighted by Crippen LogP contribution is -2.29. The first-order valence-corrected chi connectivity index (χ1v) is 7.59. The SMILES string of the molecule is Cc1nc(N(C)CC2CCCO2)ccc1CNC(C)C. The number of likely N-dealkylation sites (N-methyl/N-ethyl adjacent to an activating group) is 1. The maximum atomic E-state index is 5.68. The van der Waals surface area contributed by atoms with Crippen LogP contribution >= 0.6 is 0 Å². The zero-order chi connectivity index (χ0) is 14.5. The van der Waals surface area contributed by atoms with Gasteiger partial charge >= 0.3 is 0 Å². The zero-order valence-corrected chi connectivity index (χ0v) is 13.1. The number of hydrogen-bond acceptors (Lipinski definition) is 4. The van der Waals surface area contributed by atoms with Gasteiger partial charge in [0.15, 0.2) is 0 Å². The Bertz CT molecular complexity index is 428. The highest BCUT2D eigenvalue weighted by molar-refractivity contribution is 5.41. The van der Waals surface area contributed by atoms with Crippen LogP contribution in [-0.4, -0.2) is 37.3 Å². The molecule has 112 valence electrons. The minimum absolute atomic E-state index is 0.365.